The van der Waals surface area contributed by atoms with Crippen molar-refractivity contribution < 1.29 is 24.5 Å². The number of amides is 1. The molecule has 6 nitrogen and oxygen atoms in total. The van der Waals surface area contributed by atoms with Crippen LogP contribution < -0.4 is 5.32 Å². The van der Waals surface area contributed by atoms with Gasteiger partial charge in [0.1, 0.15) is 0 Å². The Hall–Kier alpha value is -1.92. The molecule has 0 spiro atoms. The Morgan fingerprint density at radius 2 is 0.725 bits per heavy atom. The van der Waals surface area contributed by atoms with Gasteiger partial charge in [0.2, 0.25) is 5.91 Å². The van der Waals surface area contributed by atoms with Crippen molar-refractivity contribution in [3.05, 3.63) is 36.5 Å². The number of hydrogen-bond acceptors (Lipinski definition) is 5. The van der Waals surface area contributed by atoms with Crippen LogP contribution >= 0.6 is 0 Å². The van der Waals surface area contributed by atoms with Gasteiger partial charge in [0, 0.05) is 12.8 Å². The van der Waals surface area contributed by atoms with E-state index in [9.17, 15) is 19.8 Å². The lowest BCUT2D eigenvalue weighted by Gasteiger charge is -2.22. The molecule has 2 unspecified atom stereocenters. The molecule has 0 bridgehead atoms. The highest BCUT2D eigenvalue weighted by molar-refractivity contribution is 5.76. The number of hydrogen-bond donors (Lipinski definition) is 3. The van der Waals surface area contributed by atoms with Gasteiger partial charge in [-0.1, -0.05) is 269 Å². The predicted molar refractivity (Wildman–Crippen MR) is 301 cm³/mol. The summed E-state index contributed by atoms with van der Waals surface area (Å²) in [5.41, 5.74) is 0. The minimum Gasteiger partial charge on any atom is -0.466 e. The van der Waals surface area contributed by atoms with Gasteiger partial charge in [0.25, 0.3) is 0 Å². The first-order valence-electron chi connectivity index (χ1n) is 30.7. The van der Waals surface area contributed by atoms with Crippen LogP contribution in [0.2, 0.25) is 0 Å². The second-order valence-corrected chi connectivity index (χ2v) is 21.0. The fourth-order valence-electron chi connectivity index (χ4n) is 9.43. The Morgan fingerprint density at radius 1 is 0.406 bits per heavy atom. The molecule has 0 saturated carbocycles. The number of carbonyl (C=O) groups excluding carboxylic acids is 2. The molecule has 0 aliphatic carbocycles. The van der Waals surface area contributed by atoms with Crippen molar-refractivity contribution in [2.75, 3.05) is 13.2 Å². The third kappa shape index (κ3) is 55.2. The van der Waals surface area contributed by atoms with Gasteiger partial charge in [-0.3, -0.25) is 9.59 Å². The Balaban J connectivity index is 3.41. The molecule has 0 aromatic carbocycles. The minimum absolute atomic E-state index is 0.00221. The van der Waals surface area contributed by atoms with Crippen LogP contribution in [0.25, 0.3) is 0 Å². The summed E-state index contributed by atoms with van der Waals surface area (Å²) in [7, 11) is 0. The van der Waals surface area contributed by atoms with Crippen molar-refractivity contribution in [3.8, 4) is 0 Å². The second kappa shape index (κ2) is 58.6. The van der Waals surface area contributed by atoms with Crippen LogP contribution in [0.5, 0.6) is 0 Å². The lowest BCUT2D eigenvalue weighted by atomic mass is 10.0. The summed E-state index contributed by atoms with van der Waals surface area (Å²) in [4.78, 5) is 24.5. The maximum atomic E-state index is 12.5. The smallest absolute Gasteiger partial charge is 0.305 e. The molecule has 0 rings (SSSR count). The van der Waals surface area contributed by atoms with Crippen LogP contribution in [0, 0.1) is 0 Å². The summed E-state index contributed by atoms with van der Waals surface area (Å²) >= 11 is 0. The molecular formula is C63H119NO5. The van der Waals surface area contributed by atoms with Crippen molar-refractivity contribution >= 4 is 11.9 Å². The van der Waals surface area contributed by atoms with Crippen molar-refractivity contribution in [2.24, 2.45) is 0 Å². The fraction of sp³-hybridized carbons (Fsp3) is 0.873. The highest BCUT2D eigenvalue weighted by atomic mass is 16.5. The largest absolute Gasteiger partial charge is 0.466 e. The molecule has 0 aromatic rings. The van der Waals surface area contributed by atoms with Gasteiger partial charge in [0.05, 0.1) is 25.4 Å². The first-order chi connectivity index (χ1) is 34.0. The van der Waals surface area contributed by atoms with Crippen LogP contribution in [0.15, 0.2) is 36.5 Å². The molecule has 1 amide bonds. The number of nitrogens with one attached hydrogen (secondary N) is 1. The summed E-state index contributed by atoms with van der Waals surface area (Å²) in [6.07, 6.45) is 72.9. The Bertz CT molecular complexity index is 1120. The van der Waals surface area contributed by atoms with Crippen LogP contribution in [0.4, 0.5) is 0 Å². The third-order valence-electron chi connectivity index (χ3n) is 14.2. The normalized spacial score (nSPS) is 12.8. The van der Waals surface area contributed by atoms with E-state index >= 15 is 0 Å². The zero-order valence-corrected chi connectivity index (χ0v) is 46.3. The van der Waals surface area contributed by atoms with E-state index in [1.165, 1.54) is 244 Å². The van der Waals surface area contributed by atoms with Crippen molar-refractivity contribution in [3.63, 3.8) is 0 Å². The predicted octanol–water partition coefficient (Wildman–Crippen LogP) is 19.2. The van der Waals surface area contributed by atoms with E-state index in [4.69, 9.17) is 4.74 Å². The summed E-state index contributed by atoms with van der Waals surface area (Å²) in [5.74, 6) is -0.0395. The average Bonchev–Trinajstić information content (AvgIpc) is 3.35. The van der Waals surface area contributed by atoms with Crippen molar-refractivity contribution in [1.82, 2.24) is 5.32 Å². The maximum Gasteiger partial charge on any atom is 0.305 e. The number of aliphatic hydroxyl groups excluding tert-OH is 2. The monoisotopic (exact) mass is 970 g/mol. The number of unbranched alkanes of at least 4 members (excludes halogenated alkanes) is 40. The van der Waals surface area contributed by atoms with E-state index in [2.05, 4.69) is 55.6 Å². The van der Waals surface area contributed by atoms with Gasteiger partial charge in [-0.05, 0) is 83.5 Å². The van der Waals surface area contributed by atoms with Gasteiger partial charge >= 0.3 is 5.97 Å². The Morgan fingerprint density at radius 3 is 1.14 bits per heavy atom. The van der Waals surface area contributed by atoms with E-state index in [0.717, 1.165) is 51.4 Å². The second-order valence-electron chi connectivity index (χ2n) is 21.0. The fourth-order valence-corrected chi connectivity index (χ4v) is 9.43. The molecule has 0 aliphatic rings. The molecule has 0 radical (unpaired) electrons. The van der Waals surface area contributed by atoms with E-state index in [1.807, 2.05) is 0 Å². The summed E-state index contributed by atoms with van der Waals surface area (Å²) in [6, 6.07) is -0.546. The van der Waals surface area contributed by atoms with E-state index in [-0.39, 0.29) is 18.5 Å². The van der Waals surface area contributed by atoms with Gasteiger partial charge in [0.15, 0.2) is 0 Å². The van der Waals surface area contributed by atoms with Crippen molar-refractivity contribution in [1.29, 1.82) is 0 Å². The number of aliphatic hydroxyl groups is 2. The average molecular weight is 971 g/mol. The van der Waals surface area contributed by atoms with Crippen LogP contribution in [-0.4, -0.2) is 47.4 Å². The standard InChI is InChI=1S/C63H119NO5/c1-3-5-7-9-11-13-15-17-18-25-29-33-37-41-45-49-53-57-63(68)69-58-54-50-46-42-38-34-30-27-24-22-20-19-21-23-26-28-32-36-40-44-48-52-56-62(67)64-60(59-65)61(66)55-51-47-43-39-35-31-16-14-12-10-8-6-4-2/h11,13,17-18,21,23,60-61,65-66H,3-10,12,14-16,19-20,22,24-59H2,1-2H3,(H,64,67)/b13-11-,18-17-,23-21-. The maximum absolute atomic E-state index is 12.5. The minimum atomic E-state index is -0.668. The van der Waals surface area contributed by atoms with Gasteiger partial charge in [-0.25, -0.2) is 0 Å². The molecule has 3 N–H and O–H groups in total. The highest BCUT2D eigenvalue weighted by Crippen LogP contribution is 2.17. The van der Waals surface area contributed by atoms with Gasteiger partial charge in [-0.2, -0.15) is 0 Å². The highest BCUT2D eigenvalue weighted by Gasteiger charge is 2.20. The third-order valence-corrected chi connectivity index (χ3v) is 14.2. The van der Waals surface area contributed by atoms with E-state index < -0.39 is 12.1 Å². The van der Waals surface area contributed by atoms with E-state index in [1.54, 1.807) is 0 Å². The number of esters is 1. The van der Waals surface area contributed by atoms with E-state index in [0.29, 0.717) is 25.9 Å². The zero-order chi connectivity index (χ0) is 50.0. The molecule has 6 heteroatoms. The molecule has 0 saturated heterocycles. The molecular weight excluding hydrogens is 851 g/mol. The zero-order valence-electron chi connectivity index (χ0n) is 46.3. The van der Waals surface area contributed by atoms with Crippen LogP contribution in [-0.2, 0) is 14.3 Å². The Labute approximate surface area is 430 Å². The number of allylic oxidation sites excluding steroid dienone is 6. The lowest BCUT2D eigenvalue weighted by Crippen LogP contribution is -2.45. The van der Waals surface area contributed by atoms with Crippen LogP contribution in [0.3, 0.4) is 0 Å². The molecule has 2 atom stereocenters. The Kier molecular flexibility index (Phi) is 57.0. The number of carbonyl (C=O) groups is 2. The quantitative estimate of drug-likeness (QED) is 0.0321. The number of rotatable bonds is 57. The topological polar surface area (TPSA) is 95.9 Å². The summed E-state index contributed by atoms with van der Waals surface area (Å²) in [6.45, 7) is 4.93. The molecule has 0 heterocycles. The molecule has 406 valence electrons. The summed E-state index contributed by atoms with van der Waals surface area (Å²) < 4.78 is 5.49. The van der Waals surface area contributed by atoms with Crippen LogP contribution in [0.1, 0.15) is 328 Å². The molecule has 0 fully saturated rings. The van der Waals surface area contributed by atoms with Crippen molar-refractivity contribution in [2.45, 2.75) is 341 Å². The molecule has 0 aromatic heterocycles. The van der Waals surface area contributed by atoms with Gasteiger partial charge in [-0.15, -0.1) is 0 Å². The SMILES string of the molecule is CCCCC/C=C\C/C=C\CCCCCCCCCC(=O)OCCCCCCCCCCCCC/C=C\CCCCCCCCCC(=O)NC(CO)C(O)CCCCCCCCCCCCCCC. The summed E-state index contributed by atoms with van der Waals surface area (Å²) in [5, 5.41) is 23.2. The molecule has 69 heavy (non-hydrogen) atoms. The molecule has 0 aliphatic heterocycles. The number of ether oxygens (including phenoxy) is 1. The lowest BCUT2D eigenvalue weighted by molar-refractivity contribution is -0.143. The first kappa shape index (κ1) is 67.1. The van der Waals surface area contributed by atoms with Gasteiger partial charge < -0.3 is 20.3 Å². The first-order valence-corrected chi connectivity index (χ1v) is 30.7.